The van der Waals surface area contributed by atoms with Crippen LogP contribution in [0.4, 0.5) is 28.9 Å². The van der Waals surface area contributed by atoms with Gasteiger partial charge in [-0.3, -0.25) is 4.57 Å². The molecule has 0 aliphatic rings. The van der Waals surface area contributed by atoms with Crippen molar-refractivity contribution in [1.29, 1.82) is 0 Å². The third-order valence-electron chi connectivity index (χ3n) is 6.44. The normalized spacial score (nSPS) is 12.0. The Kier molecular flexibility index (Phi) is 6.74. The van der Waals surface area contributed by atoms with Crippen LogP contribution in [0, 0.1) is 19.7 Å². The van der Waals surface area contributed by atoms with Crippen LogP contribution in [0.1, 0.15) is 27.0 Å². The summed E-state index contributed by atoms with van der Waals surface area (Å²) in [6.45, 7) is 3.70. The minimum absolute atomic E-state index is 0.0467. The van der Waals surface area contributed by atoms with Crippen LogP contribution in [-0.2, 0) is 6.18 Å². The second kappa shape index (κ2) is 10.1. The standard InChI is InChI=1S/C30H21F4N3O4/c1-15-8-16(2)10-18(9-15)23-13-20(31)14-24(27(23)38)35-36-26-22-7-6-19(30(32,33)34)12-25(22)37(28(26)39)21-5-3-4-17(11-21)29(40)41/h3-14,38-39H,1-2H3,(H,40,41). The molecule has 4 aromatic carbocycles. The number of halogens is 4. The maximum Gasteiger partial charge on any atom is 0.416 e. The molecule has 0 radical (unpaired) electrons. The van der Waals surface area contributed by atoms with Crippen molar-refractivity contribution < 1.29 is 37.7 Å². The van der Waals surface area contributed by atoms with Crippen molar-refractivity contribution in [3.63, 3.8) is 0 Å². The Morgan fingerprint density at radius 2 is 1.59 bits per heavy atom. The maximum absolute atomic E-state index is 14.6. The molecule has 7 nitrogen and oxygen atoms in total. The molecule has 11 heteroatoms. The third-order valence-corrected chi connectivity index (χ3v) is 6.44. The lowest BCUT2D eigenvalue weighted by Crippen LogP contribution is -2.05. The zero-order valence-electron chi connectivity index (χ0n) is 21.5. The summed E-state index contributed by atoms with van der Waals surface area (Å²) in [6, 6.07) is 15.4. The first-order chi connectivity index (χ1) is 19.3. The van der Waals surface area contributed by atoms with Crippen LogP contribution in [0.2, 0.25) is 0 Å². The van der Waals surface area contributed by atoms with Crippen molar-refractivity contribution in [2.75, 3.05) is 0 Å². The number of alkyl halides is 3. The molecule has 0 atom stereocenters. The van der Waals surface area contributed by atoms with Crippen LogP contribution >= 0.6 is 0 Å². The number of azo groups is 1. The number of phenols is 1. The highest BCUT2D eigenvalue weighted by Gasteiger charge is 2.32. The van der Waals surface area contributed by atoms with Crippen molar-refractivity contribution in [2.45, 2.75) is 20.0 Å². The van der Waals surface area contributed by atoms with Gasteiger partial charge in [-0.2, -0.15) is 13.2 Å². The average molecular weight is 564 g/mol. The summed E-state index contributed by atoms with van der Waals surface area (Å²) in [6.07, 6.45) is -4.71. The van der Waals surface area contributed by atoms with Crippen LogP contribution in [0.15, 0.2) is 83.0 Å². The number of rotatable bonds is 5. The first-order valence-electron chi connectivity index (χ1n) is 12.1. The van der Waals surface area contributed by atoms with E-state index in [0.717, 1.165) is 46.0 Å². The van der Waals surface area contributed by atoms with E-state index in [2.05, 4.69) is 10.2 Å². The fourth-order valence-corrected chi connectivity index (χ4v) is 4.69. The molecule has 0 unspecified atom stereocenters. The van der Waals surface area contributed by atoms with Gasteiger partial charge in [0.2, 0.25) is 5.88 Å². The highest BCUT2D eigenvalue weighted by Crippen LogP contribution is 2.45. The molecule has 1 aromatic heterocycles. The Labute approximate surface area is 230 Å². The molecule has 41 heavy (non-hydrogen) atoms. The van der Waals surface area contributed by atoms with Crippen LogP contribution in [-0.4, -0.2) is 25.9 Å². The monoisotopic (exact) mass is 563 g/mol. The Bertz CT molecular complexity index is 1860. The Hall–Kier alpha value is -5.19. The lowest BCUT2D eigenvalue weighted by Gasteiger charge is -2.10. The molecule has 5 rings (SSSR count). The number of nitrogens with zero attached hydrogens (tertiary/aromatic N) is 3. The molecular weight excluding hydrogens is 542 g/mol. The Morgan fingerprint density at radius 3 is 2.24 bits per heavy atom. The number of fused-ring (bicyclic) bond motifs is 1. The first kappa shape index (κ1) is 27.4. The zero-order valence-corrected chi connectivity index (χ0v) is 21.5. The smallest absolute Gasteiger partial charge is 0.416 e. The van der Waals surface area contributed by atoms with Crippen LogP contribution in [0.5, 0.6) is 11.6 Å². The van der Waals surface area contributed by atoms with E-state index >= 15 is 0 Å². The number of aromatic nitrogens is 1. The predicted molar refractivity (Wildman–Crippen MR) is 144 cm³/mol. The van der Waals surface area contributed by atoms with Crippen molar-refractivity contribution in [3.05, 3.63) is 101 Å². The number of benzene rings is 4. The molecule has 208 valence electrons. The summed E-state index contributed by atoms with van der Waals surface area (Å²) in [5.41, 5.74) is 0.651. The highest BCUT2D eigenvalue weighted by atomic mass is 19.4. The van der Waals surface area contributed by atoms with Crippen molar-refractivity contribution >= 4 is 28.2 Å². The Morgan fingerprint density at radius 1 is 0.878 bits per heavy atom. The number of carbonyl (C=O) groups is 1. The fourth-order valence-electron chi connectivity index (χ4n) is 4.69. The van der Waals surface area contributed by atoms with E-state index in [1.807, 2.05) is 19.9 Å². The number of aromatic hydroxyl groups is 2. The van der Waals surface area contributed by atoms with Gasteiger partial charge in [-0.15, -0.1) is 10.2 Å². The van der Waals surface area contributed by atoms with Crippen LogP contribution in [0.3, 0.4) is 0 Å². The molecule has 0 aliphatic carbocycles. The molecule has 0 spiro atoms. The summed E-state index contributed by atoms with van der Waals surface area (Å²) in [4.78, 5) is 11.5. The van der Waals surface area contributed by atoms with Gasteiger partial charge >= 0.3 is 12.1 Å². The minimum atomic E-state index is -4.71. The van der Waals surface area contributed by atoms with Gasteiger partial charge in [-0.1, -0.05) is 35.4 Å². The van der Waals surface area contributed by atoms with Gasteiger partial charge in [0, 0.05) is 22.7 Å². The van der Waals surface area contributed by atoms with Crippen molar-refractivity contribution in [1.82, 2.24) is 4.57 Å². The van der Waals surface area contributed by atoms with Gasteiger partial charge in [-0.05, 0) is 61.9 Å². The molecule has 0 bridgehead atoms. The van der Waals surface area contributed by atoms with Crippen molar-refractivity contribution in [3.8, 4) is 28.4 Å². The van der Waals surface area contributed by atoms with Gasteiger partial charge < -0.3 is 15.3 Å². The van der Waals surface area contributed by atoms with Gasteiger partial charge in [-0.25, -0.2) is 9.18 Å². The molecule has 0 saturated heterocycles. The molecule has 0 saturated carbocycles. The molecule has 1 heterocycles. The van der Waals surface area contributed by atoms with Crippen LogP contribution in [0.25, 0.3) is 27.7 Å². The second-order valence-corrected chi connectivity index (χ2v) is 9.49. The number of carboxylic acids is 1. The number of hydrogen-bond donors (Lipinski definition) is 3. The average Bonchev–Trinajstić information content (AvgIpc) is 3.18. The summed E-state index contributed by atoms with van der Waals surface area (Å²) in [7, 11) is 0. The van der Waals surface area contributed by atoms with Crippen molar-refractivity contribution in [2.24, 2.45) is 10.2 Å². The van der Waals surface area contributed by atoms with E-state index in [4.69, 9.17) is 0 Å². The first-order valence-corrected chi connectivity index (χ1v) is 12.1. The molecule has 3 N–H and O–H groups in total. The summed E-state index contributed by atoms with van der Waals surface area (Å²) >= 11 is 0. The SMILES string of the molecule is Cc1cc(C)cc(-c2cc(F)cc(N=Nc3c(O)n(-c4cccc(C(=O)O)c4)c4cc(C(F)(F)F)ccc34)c2O)c1. The van der Waals surface area contributed by atoms with E-state index in [9.17, 15) is 37.7 Å². The second-order valence-electron chi connectivity index (χ2n) is 9.49. The lowest BCUT2D eigenvalue weighted by atomic mass is 9.99. The third kappa shape index (κ3) is 5.21. The number of hydrogen-bond acceptors (Lipinski definition) is 5. The Balaban J connectivity index is 1.70. The summed E-state index contributed by atoms with van der Waals surface area (Å²) in [5, 5.41) is 39.4. The topological polar surface area (TPSA) is 107 Å². The van der Waals surface area contributed by atoms with E-state index in [-0.39, 0.29) is 39.1 Å². The maximum atomic E-state index is 14.6. The summed E-state index contributed by atoms with van der Waals surface area (Å²) in [5.74, 6) is -3.04. The molecule has 0 amide bonds. The van der Waals surface area contributed by atoms with Gasteiger partial charge in [0.1, 0.15) is 11.5 Å². The van der Waals surface area contributed by atoms with E-state index in [1.54, 1.807) is 12.1 Å². The zero-order chi connectivity index (χ0) is 29.6. The lowest BCUT2D eigenvalue weighted by molar-refractivity contribution is -0.137. The summed E-state index contributed by atoms with van der Waals surface area (Å²) < 4.78 is 56.3. The quantitative estimate of drug-likeness (QED) is 0.147. The molecule has 0 fully saturated rings. The van der Waals surface area contributed by atoms with Gasteiger partial charge in [0.25, 0.3) is 0 Å². The molecule has 0 aliphatic heterocycles. The van der Waals surface area contributed by atoms with Crippen LogP contribution < -0.4 is 0 Å². The van der Waals surface area contributed by atoms with E-state index < -0.39 is 35.2 Å². The number of carboxylic acid groups (broad SMARTS) is 1. The van der Waals surface area contributed by atoms with E-state index in [1.165, 1.54) is 24.3 Å². The predicted octanol–water partition coefficient (Wildman–Crippen LogP) is 8.60. The van der Waals surface area contributed by atoms with Gasteiger partial charge in [0.05, 0.1) is 16.6 Å². The molecular formula is C30H21F4N3O4. The largest absolute Gasteiger partial charge is 0.505 e. The fraction of sp³-hybridized carbons (Fsp3) is 0.100. The number of phenolic OH excluding ortho intramolecular Hbond substituents is 1. The molecule has 5 aromatic rings. The van der Waals surface area contributed by atoms with Gasteiger partial charge in [0.15, 0.2) is 11.4 Å². The number of aromatic carboxylic acids is 1. The van der Waals surface area contributed by atoms with E-state index in [0.29, 0.717) is 5.56 Å². The minimum Gasteiger partial charge on any atom is -0.505 e. The highest BCUT2D eigenvalue weighted by molar-refractivity contribution is 5.97. The number of aryl methyl sites for hydroxylation is 2.